The summed E-state index contributed by atoms with van der Waals surface area (Å²) < 4.78 is 34.5. The first-order valence-electron chi connectivity index (χ1n) is 3.46. The SMILES string of the molecule is CC(F)=CC(=C(C)C)S(C)(=O)=O. The van der Waals surface area contributed by atoms with Gasteiger partial charge < -0.3 is 0 Å². The number of allylic oxidation sites excluding steroid dienone is 3. The van der Waals surface area contributed by atoms with Crippen LogP contribution >= 0.6 is 0 Å². The van der Waals surface area contributed by atoms with Crippen LogP contribution in [0.2, 0.25) is 0 Å². The maximum absolute atomic E-state index is 12.4. The maximum Gasteiger partial charge on any atom is 0.175 e. The van der Waals surface area contributed by atoms with E-state index in [1.165, 1.54) is 6.92 Å². The molecule has 0 N–H and O–H groups in total. The van der Waals surface area contributed by atoms with E-state index in [0.29, 0.717) is 5.57 Å². The Kier molecular flexibility index (Phi) is 3.64. The standard InChI is InChI=1S/C8H13FO2S/c1-6(2)8(5-7(3)9)12(4,10)11/h5H,1-4H3. The topological polar surface area (TPSA) is 34.1 Å². The number of sulfone groups is 1. The van der Waals surface area contributed by atoms with E-state index in [1.54, 1.807) is 13.8 Å². The lowest BCUT2D eigenvalue weighted by molar-refractivity contribution is 0.606. The maximum atomic E-state index is 12.4. The van der Waals surface area contributed by atoms with Gasteiger partial charge >= 0.3 is 0 Å². The summed E-state index contributed by atoms with van der Waals surface area (Å²) in [7, 11) is -3.30. The van der Waals surface area contributed by atoms with Crippen molar-refractivity contribution in [2.45, 2.75) is 20.8 Å². The molecular weight excluding hydrogens is 179 g/mol. The average Bonchev–Trinajstić information content (AvgIpc) is 1.79. The smallest absolute Gasteiger partial charge is 0.175 e. The van der Waals surface area contributed by atoms with Crippen LogP contribution in [0.25, 0.3) is 0 Å². The van der Waals surface area contributed by atoms with Gasteiger partial charge in [0.15, 0.2) is 9.84 Å². The molecule has 0 aliphatic rings. The third-order valence-electron chi connectivity index (χ3n) is 1.22. The van der Waals surface area contributed by atoms with Crippen molar-refractivity contribution in [1.82, 2.24) is 0 Å². The molecule has 0 aromatic carbocycles. The summed E-state index contributed by atoms with van der Waals surface area (Å²) in [5.41, 5.74) is 0.592. The molecule has 12 heavy (non-hydrogen) atoms. The molecule has 0 aromatic heterocycles. The van der Waals surface area contributed by atoms with E-state index in [1.807, 2.05) is 0 Å². The minimum absolute atomic E-state index is 0.0579. The second-order valence-electron chi connectivity index (χ2n) is 2.87. The molecule has 4 heteroatoms. The fourth-order valence-corrected chi connectivity index (χ4v) is 1.92. The van der Waals surface area contributed by atoms with Crippen molar-refractivity contribution in [3.63, 3.8) is 0 Å². The molecule has 2 nitrogen and oxygen atoms in total. The third kappa shape index (κ3) is 3.67. The molecule has 0 spiro atoms. The molecule has 0 unspecified atom stereocenters. The van der Waals surface area contributed by atoms with Gasteiger partial charge in [-0.1, -0.05) is 5.57 Å². The van der Waals surface area contributed by atoms with E-state index in [0.717, 1.165) is 12.3 Å². The zero-order valence-electron chi connectivity index (χ0n) is 7.68. The first kappa shape index (κ1) is 11.4. The van der Waals surface area contributed by atoms with Gasteiger partial charge in [-0.25, -0.2) is 12.8 Å². The molecule has 0 saturated heterocycles. The third-order valence-corrected chi connectivity index (χ3v) is 2.55. The molecule has 0 bridgehead atoms. The van der Waals surface area contributed by atoms with Gasteiger partial charge in [-0.15, -0.1) is 0 Å². The Balaban J connectivity index is 5.29. The van der Waals surface area contributed by atoms with Crippen LogP contribution in [-0.4, -0.2) is 14.7 Å². The summed E-state index contributed by atoms with van der Waals surface area (Å²) in [5.74, 6) is -0.503. The summed E-state index contributed by atoms with van der Waals surface area (Å²) in [6.45, 7) is 4.49. The van der Waals surface area contributed by atoms with Crippen molar-refractivity contribution >= 4 is 9.84 Å². The normalized spacial score (nSPS) is 12.9. The van der Waals surface area contributed by atoms with Crippen molar-refractivity contribution in [2.24, 2.45) is 0 Å². The first-order chi connectivity index (χ1) is 5.25. The quantitative estimate of drug-likeness (QED) is 0.628. The Morgan fingerprint density at radius 2 is 1.67 bits per heavy atom. The monoisotopic (exact) mass is 192 g/mol. The zero-order valence-corrected chi connectivity index (χ0v) is 8.50. The van der Waals surface area contributed by atoms with Crippen molar-refractivity contribution in [3.8, 4) is 0 Å². The predicted octanol–water partition coefficient (Wildman–Crippen LogP) is 2.20. The van der Waals surface area contributed by atoms with Gasteiger partial charge in [-0.2, -0.15) is 0 Å². The molecule has 0 atom stereocenters. The number of hydrogen-bond acceptors (Lipinski definition) is 2. The minimum atomic E-state index is -3.30. The van der Waals surface area contributed by atoms with Gasteiger partial charge in [0.1, 0.15) is 0 Å². The van der Waals surface area contributed by atoms with Gasteiger partial charge in [0.2, 0.25) is 0 Å². The predicted molar refractivity (Wildman–Crippen MR) is 48.1 cm³/mol. The Morgan fingerprint density at radius 1 is 1.25 bits per heavy atom. The van der Waals surface area contributed by atoms with Crippen LogP contribution in [0.3, 0.4) is 0 Å². The summed E-state index contributed by atoms with van der Waals surface area (Å²) >= 11 is 0. The van der Waals surface area contributed by atoms with Crippen LogP contribution in [-0.2, 0) is 9.84 Å². The lowest BCUT2D eigenvalue weighted by Gasteiger charge is -2.01. The Labute approximate surface area is 72.7 Å². The Bertz CT molecular complexity index is 315. The van der Waals surface area contributed by atoms with E-state index < -0.39 is 15.7 Å². The molecule has 0 fully saturated rings. The second kappa shape index (κ2) is 3.85. The largest absolute Gasteiger partial charge is 0.224 e. The molecule has 0 saturated carbocycles. The second-order valence-corrected chi connectivity index (χ2v) is 4.85. The van der Waals surface area contributed by atoms with E-state index in [2.05, 4.69) is 0 Å². The summed E-state index contributed by atoms with van der Waals surface area (Å²) in [6.07, 6.45) is 2.10. The van der Waals surface area contributed by atoms with Crippen LogP contribution in [0.15, 0.2) is 22.4 Å². The van der Waals surface area contributed by atoms with Crippen molar-refractivity contribution < 1.29 is 12.8 Å². The summed E-state index contributed by atoms with van der Waals surface area (Å²) in [5, 5.41) is 0. The lowest BCUT2D eigenvalue weighted by atomic mass is 10.3. The van der Waals surface area contributed by atoms with E-state index in [9.17, 15) is 12.8 Å². The molecule has 0 heterocycles. The highest BCUT2D eigenvalue weighted by Crippen LogP contribution is 2.14. The molecule has 0 radical (unpaired) electrons. The van der Waals surface area contributed by atoms with E-state index in [-0.39, 0.29) is 4.91 Å². The zero-order chi connectivity index (χ0) is 9.94. The average molecular weight is 192 g/mol. The number of halogens is 1. The van der Waals surface area contributed by atoms with E-state index in [4.69, 9.17) is 0 Å². The van der Waals surface area contributed by atoms with Crippen LogP contribution in [0.4, 0.5) is 4.39 Å². The van der Waals surface area contributed by atoms with Crippen LogP contribution in [0.1, 0.15) is 20.8 Å². The molecule has 70 valence electrons. The number of hydrogen-bond donors (Lipinski definition) is 0. The van der Waals surface area contributed by atoms with E-state index >= 15 is 0 Å². The molecular formula is C8H13FO2S. The van der Waals surface area contributed by atoms with Gasteiger partial charge in [0, 0.05) is 6.26 Å². The van der Waals surface area contributed by atoms with Crippen LogP contribution in [0.5, 0.6) is 0 Å². The van der Waals surface area contributed by atoms with Crippen molar-refractivity contribution in [2.75, 3.05) is 6.26 Å². The minimum Gasteiger partial charge on any atom is -0.224 e. The highest BCUT2D eigenvalue weighted by Gasteiger charge is 2.10. The molecule has 0 rings (SSSR count). The summed E-state index contributed by atoms with van der Waals surface area (Å²) in [6, 6.07) is 0. The van der Waals surface area contributed by atoms with Crippen molar-refractivity contribution in [3.05, 3.63) is 22.4 Å². The Morgan fingerprint density at radius 3 is 1.75 bits per heavy atom. The lowest BCUT2D eigenvalue weighted by Crippen LogP contribution is -2.00. The molecule has 0 aromatic rings. The molecule has 0 amide bonds. The number of rotatable bonds is 2. The fraction of sp³-hybridized carbons (Fsp3) is 0.500. The van der Waals surface area contributed by atoms with Crippen LogP contribution in [0, 0.1) is 0 Å². The Hall–Kier alpha value is -0.640. The van der Waals surface area contributed by atoms with Gasteiger partial charge in [0.05, 0.1) is 10.7 Å². The molecule has 0 aliphatic carbocycles. The molecule has 0 aliphatic heterocycles. The van der Waals surface area contributed by atoms with Gasteiger partial charge in [-0.3, -0.25) is 0 Å². The van der Waals surface area contributed by atoms with Gasteiger partial charge in [0.25, 0.3) is 0 Å². The highest BCUT2D eigenvalue weighted by molar-refractivity contribution is 7.94. The van der Waals surface area contributed by atoms with Crippen LogP contribution < -0.4 is 0 Å². The van der Waals surface area contributed by atoms with Gasteiger partial charge in [-0.05, 0) is 26.8 Å². The highest BCUT2D eigenvalue weighted by atomic mass is 32.2. The summed E-state index contributed by atoms with van der Waals surface area (Å²) in [4.78, 5) is 0.0579. The van der Waals surface area contributed by atoms with Crippen molar-refractivity contribution in [1.29, 1.82) is 0 Å². The fourth-order valence-electron chi connectivity index (χ4n) is 0.803. The first-order valence-corrected chi connectivity index (χ1v) is 5.35.